The predicted octanol–water partition coefficient (Wildman–Crippen LogP) is 0.665. The zero-order valence-corrected chi connectivity index (χ0v) is 14.9. The average Bonchev–Trinajstić information content (AvgIpc) is 3.06. The molecule has 1 unspecified atom stereocenters. The molecule has 2 aromatic heterocycles. The van der Waals surface area contributed by atoms with Crippen LogP contribution in [0, 0.1) is 12.8 Å². The zero-order chi connectivity index (χ0) is 18.7. The molecule has 0 bridgehead atoms. The van der Waals surface area contributed by atoms with Crippen molar-refractivity contribution in [1.29, 1.82) is 0 Å². The topological polar surface area (TPSA) is 108 Å². The second-order valence-electron chi connectivity index (χ2n) is 6.57. The first-order chi connectivity index (χ1) is 12.4. The number of fused-ring (bicyclic) bond motifs is 1. The van der Waals surface area contributed by atoms with Gasteiger partial charge in [-0.15, -0.1) is 0 Å². The van der Waals surface area contributed by atoms with Crippen LogP contribution in [0.2, 0.25) is 0 Å². The summed E-state index contributed by atoms with van der Waals surface area (Å²) in [6.45, 7) is 2.52. The number of likely N-dealkylation sites (N-methyl/N-ethyl adjacent to an activating group) is 1. The van der Waals surface area contributed by atoms with Crippen LogP contribution in [-0.4, -0.2) is 47.0 Å². The van der Waals surface area contributed by atoms with E-state index in [1.807, 2.05) is 0 Å². The minimum absolute atomic E-state index is 0.0642. The van der Waals surface area contributed by atoms with Crippen molar-refractivity contribution in [2.24, 2.45) is 5.92 Å². The van der Waals surface area contributed by atoms with Gasteiger partial charge >= 0.3 is 0 Å². The lowest BCUT2D eigenvalue weighted by Crippen LogP contribution is -2.40. The van der Waals surface area contributed by atoms with Gasteiger partial charge in [0, 0.05) is 32.1 Å². The maximum atomic E-state index is 12.4. The minimum atomic E-state index is -0.252. The van der Waals surface area contributed by atoms with E-state index >= 15 is 0 Å². The van der Waals surface area contributed by atoms with Gasteiger partial charge in [0.1, 0.15) is 5.76 Å². The lowest BCUT2D eigenvalue weighted by molar-refractivity contribution is -0.125. The third-order valence-corrected chi connectivity index (χ3v) is 4.59. The maximum absolute atomic E-state index is 12.4. The van der Waals surface area contributed by atoms with Crippen LogP contribution < -0.4 is 10.9 Å². The summed E-state index contributed by atoms with van der Waals surface area (Å²) in [7, 11) is 1.67. The number of nitrogens with zero attached hydrogens (tertiary/aromatic N) is 2. The van der Waals surface area contributed by atoms with Gasteiger partial charge in [0.05, 0.1) is 5.69 Å². The number of amides is 2. The van der Waals surface area contributed by atoms with Crippen molar-refractivity contribution < 1.29 is 14.0 Å². The number of carbonyl (C=O) groups excluding carboxylic acids is 2. The van der Waals surface area contributed by atoms with E-state index in [-0.39, 0.29) is 29.1 Å². The van der Waals surface area contributed by atoms with Crippen molar-refractivity contribution in [1.82, 2.24) is 20.4 Å². The molecular weight excluding hydrogens is 336 g/mol. The quantitative estimate of drug-likeness (QED) is 0.816. The van der Waals surface area contributed by atoms with E-state index in [2.05, 4.69) is 15.5 Å². The first-order valence-electron chi connectivity index (χ1n) is 8.61. The van der Waals surface area contributed by atoms with E-state index < -0.39 is 0 Å². The number of aryl methyl sites for hydroxylation is 2. The van der Waals surface area contributed by atoms with Gasteiger partial charge < -0.3 is 14.6 Å². The summed E-state index contributed by atoms with van der Waals surface area (Å²) >= 11 is 0. The molecule has 2 N–H and O–H groups in total. The Morgan fingerprint density at radius 2 is 2.23 bits per heavy atom. The highest BCUT2D eigenvalue weighted by Crippen LogP contribution is 2.22. The number of nitrogens with one attached hydrogen (secondary N) is 2. The number of hydrogen-bond acceptors (Lipinski definition) is 5. The van der Waals surface area contributed by atoms with Gasteiger partial charge in [-0.1, -0.05) is 0 Å². The number of furan rings is 1. The average molecular weight is 358 g/mol. The first-order valence-corrected chi connectivity index (χ1v) is 8.61. The molecule has 0 aliphatic heterocycles. The van der Waals surface area contributed by atoms with Gasteiger partial charge in [-0.25, -0.2) is 5.10 Å². The summed E-state index contributed by atoms with van der Waals surface area (Å²) in [6.07, 6.45) is 1.87. The molecule has 138 valence electrons. The van der Waals surface area contributed by atoms with Crippen molar-refractivity contribution in [3.05, 3.63) is 51.3 Å². The van der Waals surface area contributed by atoms with Crippen LogP contribution in [0.4, 0.5) is 0 Å². The van der Waals surface area contributed by atoms with E-state index in [0.717, 1.165) is 11.3 Å². The Balaban J connectivity index is 1.48. The van der Waals surface area contributed by atoms with Crippen molar-refractivity contribution in [3.8, 4) is 0 Å². The van der Waals surface area contributed by atoms with Crippen LogP contribution in [0.5, 0.6) is 0 Å². The molecule has 2 aromatic rings. The summed E-state index contributed by atoms with van der Waals surface area (Å²) in [5.41, 5.74) is 1.44. The normalized spacial score (nSPS) is 16.0. The van der Waals surface area contributed by atoms with Gasteiger partial charge in [0.15, 0.2) is 5.76 Å². The molecular formula is C18H22N4O4. The molecule has 3 rings (SSSR count). The molecule has 2 heterocycles. The molecule has 1 aliphatic rings. The van der Waals surface area contributed by atoms with Crippen LogP contribution in [0.1, 0.15) is 34.0 Å². The summed E-state index contributed by atoms with van der Waals surface area (Å²) in [5, 5.41) is 9.32. The highest BCUT2D eigenvalue weighted by Gasteiger charge is 2.26. The number of carbonyl (C=O) groups is 2. The molecule has 1 aliphatic carbocycles. The van der Waals surface area contributed by atoms with Crippen LogP contribution in [-0.2, 0) is 17.6 Å². The molecule has 2 amide bonds. The van der Waals surface area contributed by atoms with Crippen molar-refractivity contribution in [3.63, 3.8) is 0 Å². The van der Waals surface area contributed by atoms with E-state index in [0.29, 0.717) is 38.1 Å². The Hall–Kier alpha value is -2.90. The zero-order valence-electron chi connectivity index (χ0n) is 14.9. The van der Waals surface area contributed by atoms with Crippen molar-refractivity contribution in [2.45, 2.75) is 26.2 Å². The third-order valence-electron chi connectivity index (χ3n) is 4.59. The van der Waals surface area contributed by atoms with Gasteiger partial charge in [0.25, 0.3) is 11.5 Å². The molecule has 0 fully saturated rings. The van der Waals surface area contributed by atoms with Gasteiger partial charge in [-0.2, -0.15) is 5.10 Å². The van der Waals surface area contributed by atoms with Gasteiger partial charge in [-0.3, -0.25) is 14.4 Å². The Bertz CT molecular complexity index is 870. The summed E-state index contributed by atoms with van der Waals surface area (Å²) < 4.78 is 5.32. The molecule has 0 aromatic carbocycles. The number of H-pyrrole nitrogens is 1. The van der Waals surface area contributed by atoms with Crippen molar-refractivity contribution >= 4 is 11.8 Å². The molecule has 1 atom stereocenters. The number of rotatable bonds is 5. The van der Waals surface area contributed by atoms with E-state index in [4.69, 9.17) is 4.42 Å². The Labute approximate surface area is 150 Å². The van der Waals surface area contributed by atoms with Crippen LogP contribution in [0.25, 0.3) is 0 Å². The molecule has 26 heavy (non-hydrogen) atoms. The number of hydrogen-bond donors (Lipinski definition) is 2. The molecule has 8 nitrogen and oxygen atoms in total. The largest absolute Gasteiger partial charge is 0.456 e. The standard InChI is InChI=1S/C18H22N4O4/c1-11-3-6-15(26-11)18(25)22(2)8-7-19-17(24)12-4-5-14-13(9-12)10-16(23)21-20-14/h3,6,10,12H,4-5,7-9H2,1-2H3,(H,19,24)(H,21,23). The summed E-state index contributed by atoms with van der Waals surface area (Å²) in [5.74, 6) is 0.508. The molecule has 8 heteroatoms. The van der Waals surface area contributed by atoms with Crippen LogP contribution in [0.15, 0.2) is 27.4 Å². The number of aromatic nitrogens is 2. The first kappa shape index (κ1) is 17.9. The fourth-order valence-corrected chi connectivity index (χ4v) is 3.09. The smallest absolute Gasteiger partial charge is 0.289 e. The highest BCUT2D eigenvalue weighted by molar-refractivity contribution is 5.91. The monoisotopic (exact) mass is 358 g/mol. The lowest BCUT2D eigenvalue weighted by Gasteiger charge is -2.23. The fourth-order valence-electron chi connectivity index (χ4n) is 3.09. The number of aromatic amines is 1. The maximum Gasteiger partial charge on any atom is 0.289 e. The Morgan fingerprint density at radius 1 is 1.42 bits per heavy atom. The van der Waals surface area contributed by atoms with Gasteiger partial charge in [0.2, 0.25) is 5.91 Å². The second-order valence-corrected chi connectivity index (χ2v) is 6.57. The van der Waals surface area contributed by atoms with Crippen LogP contribution in [0.3, 0.4) is 0 Å². The Morgan fingerprint density at radius 3 is 2.96 bits per heavy atom. The summed E-state index contributed by atoms with van der Waals surface area (Å²) in [4.78, 5) is 37.5. The second kappa shape index (κ2) is 7.55. The minimum Gasteiger partial charge on any atom is -0.456 e. The predicted molar refractivity (Wildman–Crippen MR) is 93.8 cm³/mol. The Kier molecular flexibility index (Phi) is 5.20. The van der Waals surface area contributed by atoms with Gasteiger partial charge in [-0.05, 0) is 43.9 Å². The van der Waals surface area contributed by atoms with E-state index in [9.17, 15) is 14.4 Å². The van der Waals surface area contributed by atoms with Crippen LogP contribution >= 0.6 is 0 Å². The van der Waals surface area contributed by atoms with Crippen molar-refractivity contribution in [2.75, 3.05) is 20.1 Å². The third kappa shape index (κ3) is 4.01. The molecule has 0 radical (unpaired) electrons. The fraction of sp³-hybridized carbons (Fsp3) is 0.444. The lowest BCUT2D eigenvalue weighted by atomic mass is 9.86. The molecule has 0 saturated heterocycles. The van der Waals surface area contributed by atoms with E-state index in [1.54, 1.807) is 26.1 Å². The molecule has 0 saturated carbocycles. The highest BCUT2D eigenvalue weighted by atomic mass is 16.3. The SMILES string of the molecule is Cc1ccc(C(=O)N(C)CCNC(=O)C2CCc3n[nH]c(=O)cc3C2)o1. The molecule has 0 spiro atoms. The summed E-state index contributed by atoms with van der Waals surface area (Å²) in [6, 6.07) is 4.89. The van der Waals surface area contributed by atoms with E-state index in [1.165, 1.54) is 11.0 Å².